The molecule has 0 radical (unpaired) electrons. The molecule has 0 bridgehead atoms. The molecule has 3 aromatic rings. The third-order valence-electron chi connectivity index (χ3n) is 5.60. The maximum absolute atomic E-state index is 13.0. The molecule has 1 fully saturated rings. The van der Waals surface area contributed by atoms with E-state index in [9.17, 15) is 14.3 Å². The van der Waals surface area contributed by atoms with Gasteiger partial charge >= 0.3 is 0 Å². The number of rotatable bonds is 6. The monoisotopic (exact) mass is 396 g/mol. The molecule has 1 amide bonds. The number of ether oxygens (including phenoxy) is 1. The summed E-state index contributed by atoms with van der Waals surface area (Å²) >= 11 is 0. The van der Waals surface area contributed by atoms with Gasteiger partial charge in [-0.25, -0.2) is 4.39 Å². The minimum atomic E-state index is -0.888. The summed E-state index contributed by atoms with van der Waals surface area (Å²) in [4.78, 5) is 15.5. The first-order valence-corrected chi connectivity index (χ1v) is 9.96. The van der Waals surface area contributed by atoms with Crippen molar-refractivity contribution in [3.63, 3.8) is 0 Å². The van der Waals surface area contributed by atoms with E-state index in [2.05, 4.69) is 10.3 Å². The van der Waals surface area contributed by atoms with E-state index >= 15 is 0 Å². The summed E-state index contributed by atoms with van der Waals surface area (Å²) in [5, 5.41) is 15.2. The molecule has 1 saturated heterocycles. The SMILES string of the molecule is O=C(Cc1ccc(F)cc1)NCCc1c[nH]c2cccc(C3(O)CCOCC3)c12. The van der Waals surface area contributed by atoms with Crippen LogP contribution in [-0.2, 0) is 28.0 Å². The molecular weight excluding hydrogens is 371 g/mol. The van der Waals surface area contributed by atoms with E-state index in [0.29, 0.717) is 39.0 Å². The second-order valence-electron chi connectivity index (χ2n) is 7.59. The maximum Gasteiger partial charge on any atom is 0.224 e. The Morgan fingerprint density at radius 2 is 1.93 bits per heavy atom. The van der Waals surface area contributed by atoms with Gasteiger partial charge in [0.05, 0.1) is 12.0 Å². The molecule has 1 aliphatic heterocycles. The van der Waals surface area contributed by atoms with Crippen molar-refractivity contribution in [1.82, 2.24) is 10.3 Å². The summed E-state index contributed by atoms with van der Waals surface area (Å²) in [5.41, 5.74) is 2.86. The lowest BCUT2D eigenvalue weighted by Gasteiger charge is -2.33. The van der Waals surface area contributed by atoms with Gasteiger partial charge in [-0.15, -0.1) is 0 Å². The fourth-order valence-electron chi connectivity index (χ4n) is 4.01. The molecule has 2 aromatic carbocycles. The van der Waals surface area contributed by atoms with Crippen LogP contribution in [0.5, 0.6) is 0 Å². The first-order chi connectivity index (χ1) is 14.0. The van der Waals surface area contributed by atoms with Gasteiger partial charge in [-0.2, -0.15) is 0 Å². The zero-order valence-electron chi connectivity index (χ0n) is 16.2. The Hall–Kier alpha value is -2.70. The highest BCUT2D eigenvalue weighted by atomic mass is 19.1. The van der Waals surface area contributed by atoms with Crippen molar-refractivity contribution in [2.75, 3.05) is 19.8 Å². The second kappa shape index (κ2) is 8.35. The largest absolute Gasteiger partial charge is 0.385 e. The molecule has 0 aliphatic carbocycles. The number of halogens is 1. The van der Waals surface area contributed by atoms with Crippen molar-refractivity contribution in [1.29, 1.82) is 0 Å². The summed E-state index contributed by atoms with van der Waals surface area (Å²) in [6.45, 7) is 1.58. The van der Waals surface area contributed by atoms with Gasteiger partial charge in [0.2, 0.25) is 5.91 Å². The zero-order valence-corrected chi connectivity index (χ0v) is 16.2. The molecule has 5 nitrogen and oxygen atoms in total. The van der Waals surface area contributed by atoms with Gasteiger partial charge in [-0.1, -0.05) is 24.3 Å². The van der Waals surface area contributed by atoms with Gasteiger partial charge in [0.15, 0.2) is 0 Å². The number of carbonyl (C=O) groups excluding carboxylic acids is 1. The molecule has 0 atom stereocenters. The number of aromatic amines is 1. The Bertz CT molecular complexity index is 991. The van der Waals surface area contributed by atoms with E-state index in [1.165, 1.54) is 12.1 Å². The van der Waals surface area contributed by atoms with Crippen LogP contribution in [0.3, 0.4) is 0 Å². The van der Waals surface area contributed by atoms with Crippen molar-refractivity contribution in [3.8, 4) is 0 Å². The third kappa shape index (κ3) is 4.33. The van der Waals surface area contributed by atoms with Gasteiger partial charge in [0.1, 0.15) is 5.82 Å². The van der Waals surface area contributed by atoms with Gasteiger partial charge in [-0.3, -0.25) is 4.79 Å². The molecule has 0 unspecified atom stereocenters. The number of nitrogens with one attached hydrogen (secondary N) is 2. The second-order valence-corrected chi connectivity index (χ2v) is 7.59. The maximum atomic E-state index is 13.0. The van der Waals surface area contributed by atoms with Crippen LogP contribution < -0.4 is 5.32 Å². The van der Waals surface area contributed by atoms with Crippen molar-refractivity contribution >= 4 is 16.8 Å². The Balaban J connectivity index is 1.44. The molecule has 4 rings (SSSR count). The molecule has 0 saturated carbocycles. The normalized spacial score (nSPS) is 16.1. The number of aliphatic hydroxyl groups is 1. The average molecular weight is 396 g/mol. The zero-order chi connectivity index (χ0) is 20.3. The van der Waals surface area contributed by atoms with Crippen LogP contribution in [0.15, 0.2) is 48.7 Å². The quantitative estimate of drug-likeness (QED) is 0.599. The van der Waals surface area contributed by atoms with Gasteiger partial charge < -0.3 is 20.1 Å². The highest BCUT2D eigenvalue weighted by Crippen LogP contribution is 2.37. The highest BCUT2D eigenvalue weighted by molar-refractivity contribution is 5.87. The molecule has 152 valence electrons. The van der Waals surface area contributed by atoms with Crippen LogP contribution in [0.4, 0.5) is 4.39 Å². The summed E-state index contributed by atoms with van der Waals surface area (Å²) in [6, 6.07) is 11.9. The Labute approximate surface area is 168 Å². The van der Waals surface area contributed by atoms with Crippen LogP contribution in [-0.4, -0.2) is 35.8 Å². The number of H-pyrrole nitrogens is 1. The number of benzene rings is 2. The highest BCUT2D eigenvalue weighted by Gasteiger charge is 2.33. The predicted molar refractivity (Wildman–Crippen MR) is 109 cm³/mol. The summed E-state index contributed by atoms with van der Waals surface area (Å²) in [5.74, 6) is -0.407. The van der Waals surface area contributed by atoms with E-state index in [-0.39, 0.29) is 18.1 Å². The lowest BCUT2D eigenvalue weighted by Crippen LogP contribution is -2.33. The van der Waals surface area contributed by atoms with E-state index in [4.69, 9.17) is 4.74 Å². The molecule has 3 N–H and O–H groups in total. The van der Waals surface area contributed by atoms with E-state index in [1.807, 2.05) is 24.4 Å². The van der Waals surface area contributed by atoms with Crippen molar-refractivity contribution < 1.29 is 19.0 Å². The standard InChI is InChI=1S/C23H25FN2O3/c24-18-6-4-16(5-7-18)14-21(27)25-11-8-17-15-26-20-3-1-2-19(22(17)20)23(28)9-12-29-13-10-23/h1-7,15,26,28H,8-14H2,(H,25,27). The Morgan fingerprint density at radius 1 is 1.17 bits per heavy atom. The first-order valence-electron chi connectivity index (χ1n) is 9.96. The van der Waals surface area contributed by atoms with E-state index < -0.39 is 5.60 Å². The Morgan fingerprint density at radius 3 is 2.69 bits per heavy atom. The predicted octanol–water partition coefficient (Wildman–Crippen LogP) is 3.21. The number of hydrogen-bond acceptors (Lipinski definition) is 3. The van der Waals surface area contributed by atoms with Gasteiger partial charge in [-0.05, 0) is 41.3 Å². The van der Waals surface area contributed by atoms with E-state index in [1.54, 1.807) is 12.1 Å². The van der Waals surface area contributed by atoms with Crippen LogP contribution >= 0.6 is 0 Å². The number of fused-ring (bicyclic) bond motifs is 1. The average Bonchev–Trinajstić information content (AvgIpc) is 3.13. The minimum absolute atomic E-state index is 0.0975. The first kappa shape index (κ1) is 19.6. The topological polar surface area (TPSA) is 74.4 Å². The lowest BCUT2D eigenvalue weighted by molar-refractivity contribution is -0.120. The van der Waals surface area contributed by atoms with Gasteiger partial charge in [0, 0.05) is 49.7 Å². The van der Waals surface area contributed by atoms with Crippen LogP contribution in [0.2, 0.25) is 0 Å². The molecule has 29 heavy (non-hydrogen) atoms. The Kier molecular flexibility index (Phi) is 5.65. The van der Waals surface area contributed by atoms with Crippen LogP contribution in [0.25, 0.3) is 10.9 Å². The summed E-state index contributed by atoms with van der Waals surface area (Å²) in [6.07, 6.45) is 3.97. The molecule has 0 spiro atoms. The molecule has 1 aliphatic rings. The van der Waals surface area contributed by atoms with Crippen molar-refractivity contribution in [3.05, 3.63) is 71.2 Å². The van der Waals surface area contributed by atoms with Crippen LogP contribution in [0, 0.1) is 5.82 Å². The van der Waals surface area contributed by atoms with E-state index in [0.717, 1.165) is 27.6 Å². The number of carbonyl (C=O) groups is 1. The van der Waals surface area contributed by atoms with Crippen molar-refractivity contribution in [2.45, 2.75) is 31.3 Å². The summed E-state index contributed by atoms with van der Waals surface area (Å²) in [7, 11) is 0. The minimum Gasteiger partial charge on any atom is -0.385 e. The number of aromatic nitrogens is 1. The van der Waals surface area contributed by atoms with Gasteiger partial charge in [0.25, 0.3) is 0 Å². The fourth-order valence-corrected chi connectivity index (χ4v) is 4.01. The molecule has 2 heterocycles. The number of hydrogen-bond donors (Lipinski definition) is 3. The summed E-state index contributed by atoms with van der Waals surface area (Å²) < 4.78 is 18.4. The smallest absolute Gasteiger partial charge is 0.224 e. The molecular formula is C23H25FN2O3. The molecule has 6 heteroatoms. The van der Waals surface area contributed by atoms with Crippen molar-refractivity contribution in [2.24, 2.45) is 0 Å². The lowest BCUT2D eigenvalue weighted by atomic mass is 9.83. The number of amides is 1. The molecule has 1 aromatic heterocycles. The van der Waals surface area contributed by atoms with Crippen LogP contribution in [0.1, 0.15) is 29.5 Å². The third-order valence-corrected chi connectivity index (χ3v) is 5.60. The fraction of sp³-hybridized carbons (Fsp3) is 0.348.